The van der Waals surface area contributed by atoms with Crippen molar-refractivity contribution >= 4 is 45.7 Å². The molecule has 8 nitrogen and oxygen atoms in total. The first-order valence-corrected chi connectivity index (χ1v) is 9.70. The van der Waals surface area contributed by atoms with E-state index in [0.717, 1.165) is 23.8 Å². The van der Waals surface area contributed by atoms with E-state index >= 15 is 0 Å². The number of hydrogen-bond donors (Lipinski definition) is 1. The number of hydrogen-bond acceptors (Lipinski definition) is 7. The maximum Gasteiger partial charge on any atom is 0.230 e. The maximum atomic E-state index is 11.8. The highest BCUT2D eigenvalue weighted by Gasteiger charge is 2.16. The molecule has 0 saturated heterocycles. The Hall–Kier alpha value is -2.68. The molecule has 0 atom stereocenters. The van der Waals surface area contributed by atoms with Crippen LogP contribution < -0.4 is 10.4 Å². The van der Waals surface area contributed by atoms with Crippen molar-refractivity contribution in [2.75, 3.05) is 12.3 Å². The number of unbranched alkanes of at least 4 members (excludes halogenated alkanes) is 1. The zero-order valence-corrected chi connectivity index (χ0v) is 16.0. The van der Waals surface area contributed by atoms with Gasteiger partial charge in [0.05, 0.1) is 23.8 Å². The molecule has 0 spiro atoms. The molecule has 2 aromatic heterocycles. The zero-order chi connectivity index (χ0) is 19.4. The van der Waals surface area contributed by atoms with Crippen molar-refractivity contribution < 1.29 is 14.7 Å². The van der Waals surface area contributed by atoms with Crippen LogP contribution in [0.1, 0.15) is 25.3 Å². The van der Waals surface area contributed by atoms with E-state index in [-0.39, 0.29) is 18.2 Å². The number of carbonyl (C=O) groups excluding carboxylic acids is 2. The zero-order valence-electron chi connectivity index (χ0n) is 15.2. The van der Waals surface area contributed by atoms with Gasteiger partial charge in [-0.15, -0.1) is 10.2 Å². The van der Waals surface area contributed by atoms with E-state index in [2.05, 4.69) is 27.4 Å². The summed E-state index contributed by atoms with van der Waals surface area (Å²) in [6.45, 7) is 4.32. The Kier molecular flexibility index (Phi) is 5.90. The van der Waals surface area contributed by atoms with Gasteiger partial charge in [-0.1, -0.05) is 36.7 Å². The number of fused-ring (bicyclic) bond motifs is 3. The smallest absolute Gasteiger partial charge is 0.230 e. The Morgan fingerprint density at radius 3 is 2.85 bits per heavy atom. The van der Waals surface area contributed by atoms with E-state index in [1.165, 1.54) is 11.8 Å². The van der Waals surface area contributed by atoms with Crippen molar-refractivity contribution in [3.05, 3.63) is 23.8 Å². The number of aromatic nitrogens is 4. The van der Waals surface area contributed by atoms with Crippen LogP contribution in [-0.2, 0) is 16.1 Å². The number of aryl methyl sites for hydroxylation is 1. The monoisotopic (exact) mass is 386 g/mol. The molecule has 3 rings (SSSR count). The van der Waals surface area contributed by atoms with E-state index in [0.29, 0.717) is 28.4 Å². The van der Waals surface area contributed by atoms with Gasteiger partial charge in [0.25, 0.3) is 0 Å². The van der Waals surface area contributed by atoms with Gasteiger partial charge in [-0.25, -0.2) is 4.98 Å². The molecule has 0 aliphatic carbocycles. The number of amides is 1. The van der Waals surface area contributed by atoms with E-state index < -0.39 is 5.97 Å². The summed E-state index contributed by atoms with van der Waals surface area (Å²) in [4.78, 5) is 27.5. The second-order valence-electron chi connectivity index (χ2n) is 6.24. The highest BCUT2D eigenvalue weighted by Crippen LogP contribution is 2.28. The van der Waals surface area contributed by atoms with Gasteiger partial charge >= 0.3 is 0 Å². The number of benzene rings is 1. The third-order valence-corrected chi connectivity index (χ3v) is 4.91. The minimum absolute atomic E-state index is 0.0944. The van der Waals surface area contributed by atoms with Crippen molar-refractivity contribution in [3.63, 3.8) is 0 Å². The highest BCUT2D eigenvalue weighted by atomic mass is 32.2. The van der Waals surface area contributed by atoms with Crippen LogP contribution in [-0.4, -0.2) is 43.9 Å². The van der Waals surface area contributed by atoms with Crippen LogP contribution in [0.5, 0.6) is 0 Å². The number of aliphatic carboxylic acids is 1. The molecular weight excluding hydrogens is 366 g/mol. The lowest BCUT2D eigenvalue weighted by atomic mass is 10.2. The number of nitrogens with zero attached hydrogens (tertiary/aromatic N) is 4. The van der Waals surface area contributed by atoms with Crippen LogP contribution in [0.4, 0.5) is 0 Å². The number of nitrogens with one attached hydrogen (secondary N) is 1. The molecule has 0 saturated carbocycles. The van der Waals surface area contributed by atoms with E-state index in [1.807, 2.05) is 25.1 Å². The van der Waals surface area contributed by atoms with Crippen LogP contribution in [0.25, 0.3) is 22.1 Å². The number of thioether (sulfide) groups is 1. The van der Waals surface area contributed by atoms with Crippen molar-refractivity contribution in [2.45, 2.75) is 38.4 Å². The first-order chi connectivity index (χ1) is 13.0. The fraction of sp³-hybridized carbons (Fsp3) is 0.389. The van der Waals surface area contributed by atoms with Gasteiger partial charge < -0.3 is 19.8 Å². The summed E-state index contributed by atoms with van der Waals surface area (Å²) in [5.41, 5.74) is 2.69. The summed E-state index contributed by atoms with van der Waals surface area (Å²) >= 11 is 1.17. The SMILES string of the molecule is CCCCNC(=O)CSc1nnc2c3cc(C)ccc3n(CC(=O)[O-])c2n1. The first-order valence-electron chi connectivity index (χ1n) is 8.72. The predicted octanol–water partition coefficient (Wildman–Crippen LogP) is 1.05. The quantitative estimate of drug-likeness (QED) is 0.455. The molecule has 0 unspecified atom stereocenters. The summed E-state index contributed by atoms with van der Waals surface area (Å²) in [6, 6.07) is 5.66. The standard InChI is InChI=1S/C18H21N5O3S/c1-3-4-7-19-14(24)10-27-18-20-17-16(21-22-18)12-8-11(2)5-6-13(12)23(17)9-15(25)26/h5-6,8H,3-4,7,9-10H2,1-2H3,(H,19,24)(H,25,26)/p-1. The molecule has 142 valence electrons. The topological polar surface area (TPSA) is 113 Å². The Morgan fingerprint density at radius 1 is 1.30 bits per heavy atom. The van der Waals surface area contributed by atoms with Gasteiger partial charge in [-0.2, -0.15) is 0 Å². The molecule has 3 aromatic rings. The second kappa shape index (κ2) is 8.34. The molecule has 2 heterocycles. The average Bonchev–Trinajstić information content (AvgIpc) is 2.92. The molecule has 0 fully saturated rings. The fourth-order valence-electron chi connectivity index (χ4n) is 2.79. The van der Waals surface area contributed by atoms with E-state index in [4.69, 9.17) is 0 Å². The third-order valence-electron chi connectivity index (χ3n) is 4.07. The Balaban J connectivity index is 1.90. The van der Waals surface area contributed by atoms with Crippen LogP contribution >= 0.6 is 11.8 Å². The molecule has 0 aliphatic rings. The van der Waals surface area contributed by atoms with Crippen LogP contribution in [0.15, 0.2) is 23.4 Å². The lowest BCUT2D eigenvalue weighted by molar-refractivity contribution is -0.306. The second-order valence-corrected chi connectivity index (χ2v) is 7.18. The summed E-state index contributed by atoms with van der Waals surface area (Å²) in [5.74, 6) is -1.13. The fourth-order valence-corrected chi connectivity index (χ4v) is 3.40. The van der Waals surface area contributed by atoms with Crippen LogP contribution in [0.3, 0.4) is 0 Å². The minimum atomic E-state index is -1.21. The molecule has 1 N–H and O–H groups in total. The molecule has 1 amide bonds. The van der Waals surface area contributed by atoms with Gasteiger partial charge in [-0.3, -0.25) is 4.79 Å². The lowest BCUT2D eigenvalue weighted by Crippen LogP contribution is -2.27. The summed E-state index contributed by atoms with van der Waals surface area (Å²) in [5, 5.41) is 23.5. The number of carboxylic acids is 1. The van der Waals surface area contributed by atoms with E-state index in [1.54, 1.807) is 4.57 Å². The normalized spacial score (nSPS) is 11.2. The van der Waals surface area contributed by atoms with Crippen molar-refractivity contribution in [1.29, 1.82) is 0 Å². The number of carbonyl (C=O) groups is 2. The van der Waals surface area contributed by atoms with Crippen LogP contribution in [0.2, 0.25) is 0 Å². The molecule has 0 bridgehead atoms. The van der Waals surface area contributed by atoms with Crippen molar-refractivity contribution in [3.8, 4) is 0 Å². The van der Waals surface area contributed by atoms with Gasteiger partial charge in [0.2, 0.25) is 11.1 Å². The molecule has 0 aliphatic heterocycles. The van der Waals surface area contributed by atoms with Crippen molar-refractivity contribution in [1.82, 2.24) is 25.1 Å². The maximum absolute atomic E-state index is 11.8. The molecule has 1 aromatic carbocycles. The van der Waals surface area contributed by atoms with Gasteiger partial charge in [0, 0.05) is 11.9 Å². The Morgan fingerprint density at radius 2 is 2.11 bits per heavy atom. The average molecular weight is 386 g/mol. The van der Waals surface area contributed by atoms with Gasteiger partial charge in [0.15, 0.2) is 5.65 Å². The predicted molar refractivity (Wildman–Crippen MR) is 101 cm³/mol. The highest BCUT2D eigenvalue weighted by molar-refractivity contribution is 7.99. The largest absolute Gasteiger partial charge is 0.548 e. The van der Waals surface area contributed by atoms with Gasteiger partial charge in [-0.05, 0) is 25.5 Å². The Labute approximate surface area is 160 Å². The third kappa shape index (κ3) is 4.36. The summed E-state index contributed by atoms with van der Waals surface area (Å²) in [7, 11) is 0. The van der Waals surface area contributed by atoms with Crippen LogP contribution in [0, 0.1) is 6.92 Å². The number of rotatable bonds is 8. The molecule has 9 heteroatoms. The summed E-state index contributed by atoms with van der Waals surface area (Å²) in [6.07, 6.45) is 1.95. The molecule has 27 heavy (non-hydrogen) atoms. The first kappa shape index (κ1) is 19.1. The molecule has 0 radical (unpaired) electrons. The minimum Gasteiger partial charge on any atom is -0.548 e. The summed E-state index contributed by atoms with van der Waals surface area (Å²) < 4.78 is 1.56. The Bertz CT molecular complexity index is 1000. The van der Waals surface area contributed by atoms with E-state index in [9.17, 15) is 14.7 Å². The molecular formula is C18H20N5O3S-. The van der Waals surface area contributed by atoms with Crippen molar-refractivity contribution in [2.24, 2.45) is 0 Å². The lowest BCUT2D eigenvalue weighted by Gasteiger charge is -2.07. The number of carboxylic acid groups (broad SMARTS) is 1. The van der Waals surface area contributed by atoms with Gasteiger partial charge in [0.1, 0.15) is 5.52 Å².